The zero-order valence-electron chi connectivity index (χ0n) is 9.51. The van der Waals surface area contributed by atoms with E-state index in [1.165, 1.54) is 22.5 Å². The van der Waals surface area contributed by atoms with Crippen molar-refractivity contribution in [2.75, 3.05) is 13.1 Å². The van der Waals surface area contributed by atoms with Crippen molar-refractivity contribution in [2.24, 2.45) is 0 Å². The zero-order chi connectivity index (χ0) is 13.3. The highest BCUT2D eigenvalue weighted by Gasteiger charge is 2.31. The molecule has 1 unspecified atom stereocenters. The van der Waals surface area contributed by atoms with Gasteiger partial charge >= 0.3 is 0 Å². The van der Waals surface area contributed by atoms with E-state index < -0.39 is 16.1 Å². The Kier molecular flexibility index (Phi) is 4.18. The van der Waals surface area contributed by atoms with Gasteiger partial charge < -0.3 is 5.11 Å². The number of aliphatic hydroxyl groups excluding tert-OH is 1. The number of aliphatic hydroxyl groups is 1. The fourth-order valence-corrected chi connectivity index (χ4v) is 4.21. The molecule has 1 aliphatic rings. The maximum Gasteiger partial charge on any atom is 0.244 e. The Morgan fingerprint density at radius 2 is 2.06 bits per heavy atom. The number of nitrogens with zero attached hydrogens (tertiary/aromatic N) is 1. The van der Waals surface area contributed by atoms with Gasteiger partial charge in [-0.15, -0.1) is 0 Å². The molecule has 18 heavy (non-hydrogen) atoms. The lowest BCUT2D eigenvalue weighted by Gasteiger charge is -2.29. The van der Waals surface area contributed by atoms with Crippen LogP contribution in [0.5, 0.6) is 0 Å². The molecule has 1 aliphatic heterocycles. The molecule has 0 aliphatic carbocycles. The maximum absolute atomic E-state index is 12.4. The van der Waals surface area contributed by atoms with Crippen molar-refractivity contribution in [3.8, 4) is 0 Å². The van der Waals surface area contributed by atoms with Gasteiger partial charge in [0.15, 0.2) is 0 Å². The minimum absolute atomic E-state index is 0.00855. The van der Waals surface area contributed by atoms with E-state index in [1.807, 2.05) is 0 Å². The van der Waals surface area contributed by atoms with Gasteiger partial charge in [-0.3, -0.25) is 0 Å². The zero-order valence-corrected chi connectivity index (χ0v) is 11.8. The molecule has 1 aromatic carbocycles. The number of piperidine rings is 1. The van der Waals surface area contributed by atoms with E-state index in [1.54, 1.807) is 0 Å². The standard InChI is InChI=1S/C11H13Cl2NO3S/c12-8-3-4-10(13)11(6-8)18(16,17)14-5-1-2-9(15)7-14/h3-4,6,9,15H,1-2,5,7H2. The number of hydrogen-bond donors (Lipinski definition) is 1. The summed E-state index contributed by atoms with van der Waals surface area (Å²) < 4.78 is 26.0. The smallest absolute Gasteiger partial charge is 0.244 e. The molecule has 0 aromatic heterocycles. The minimum Gasteiger partial charge on any atom is -0.392 e. The lowest BCUT2D eigenvalue weighted by atomic mass is 10.1. The molecule has 1 saturated heterocycles. The third-order valence-corrected chi connectivity index (χ3v) is 5.45. The first-order valence-corrected chi connectivity index (χ1v) is 7.74. The molecule has 1 heterocycles. The predicted octanol–water partition coefficient (Wildman–Crippen LogP) is 2.14. The van der Waals surface area contributed by atoms with Crippen molar-refractivity contribution in [1.82, 2.24) is 4.31 Å². The lowest BCUT2D eigenvalue weighted by Crippen LogP contribution is -2.42. The van der Waals surface area contributed by atoms with Crippen molar-refractivity contribution in [3.63, 3.8) is 0 Å². The van der Waals surface area contributed by atoms with Crippen molar-refractivity contribution in [2.45, 2.75) is 23.8 Å². The van der Waals surface area contributed by atoms with Crippen LogP contribution >= 0.6 is 23.2 Å². The van der Waals surface area contributed by atoms with Crippen LogP contribution < -0.4 is 0 Å². The molecule has 0 spiro atoms. The molecule has 0 bridgehead atoms. The van der Waals surface area contributed by atoms with Crippen LogP contribution in [0.4, 0.5) is 0 Å². The van der Waals surface area contributed by atoms with Gasteiger partial charge in [-0.25, -0.2) is 8.42 Å². The first-order chi connectivity index (χ1) is 8.41. The Morgan fingerprint density at radius 3 is 2.72 bits per heavy atom. The van der Waals surface area contributed by atoms with Crippen molar-refractivity contribution in [1.29, 1.82) is 0 Å². The average Bonchev–Trinajstić information content (AvgIpc) is 2.32. The quantitative estimate of drug-likeness (QED) is 0.910. The van der Waals surface area contributed by atoms with Crippen LogP contribution in [0.2, 0.25) is 10.0 Å². The van der Waals surface area contributed by atoms with Crippen LogP contribution in [-0.2, 0) is 10.0 Å². The number of benzene rings is 1. The van der Waals surface area contributed by atoms with Crippen molar-refractivity contribution >= 4 is 33.2 Å². The molecule has 1 N–H and O–H groups in total. The molecule has 100 valence electrons. The summed E-state index contributed by atoms with van der Waals surface area (Å²) in [4.78, 5) is -0.00855. The molecule has 1 fully saturated rings. The third kappa shape index (κ3) is 2.81. The van der Waals surface area contributed by atoms with Crippen LogP contribution in [0.15, 0.2) is 23.1 Å². The van der Waals surface area contributed by atoms with E-state index in [-0.39, 0.29) is 16.5 Å². The largest absolute Gasteiger partial charge is 0.392 e. The Bertz CT molecular complexity index is 547. The van der Waals surface area contributed by atoms with Crippen molar-refractivity contribution < 1.29 is 13.5 Å². The summed E-state index contributed by atoms with van der Waals surface area (Å²) >= 11 is 11.7. The lowest BCUT2D eigenvalue weighted by molar-refractivity contribution is 0.108. The van der Waals surface area contributed by atoms with Gasteiger partial charge in [-0.1, -0.05) is 23.2 Å². The number of sulfonamides is 1. The average molecular weight is 310 g/mol. The molecule has 2 rings (SSSR count). The summed E-state index contributed by atoms with van der Waals surface area (Å²) in [6, 6.07) is 4.32. The maximum atomic E-state index is 12.4. The van der Waals surface area contributed by atoms with Gasteiger partial charge in [0.05, 0.1) is 11.1 Å². The van der Waals surface area contributed by atoms with Crippen LogP contribution in [-0.4, -0.2) is 37.0 Å². The highest BCUT2D eigenvalue weighted by Crippen LogP contribution is 2.29. The van der Waals surface area contributed by atoms with Gasteiger partial charge in [-0.2, -0.15) is 4.31 Å². The Labute approximate surface area is 116 Å². The molecule has 7 heteroatoms. The van der Waals surface area contributed by atoms with Crippen LogP contribution in [0.25, 0.3) is 0 Å². The molecule has 1 atom stereocenters. The van der Waals surface area contributed by atoms with Gasteiger partial charge in [0.1, 0.15) is 4.90 Å². The summed E-state index contributed by atoms with van der Waals surface area (Å²) in [7, 11) is -3.69. The second-order valence-corrected chi connectivity index (χ2v) is 6.98. The molecule has 0 amide bonds. The fraction of sp³-hybridized carbons (Fsp3) is 0.455. The van der Waals surface area contributed by atoms with E-state index in [9.17, 15) is 13.5 Å². The topological polar surface area (TPSA) is 57.6 Å². The SMILES string of the molecule is O=S(=O)(c1cc(Cl)ccc1Cl)N1CCCC(O)C1. The van der Waals surface area contributed by atoms with Crippen LogP contribution in [0, 0.1) is 0 Å². The minimum atomic E-state index is -3.69. The number of hydrogen-bond acceptors (Lipinski definition) is 3. The van der Waals surface area contributed by atoms with Gasteiger partial charge in [0, 0.05) is 18.1 Å². The number of rotatable bonds is 2. The van der Waals surface area contributed by atoms with Crippen LogP contribution in [0.3, 0.4) is 0 Å². The van der Waals surface area contributed by atoms with Crippen molar-refractivity contribution in [3.05, 3.63) is 28.2 Å². The van der Waals surface area contributed by atoms with Gasteiger partial charge in [0.25, 0.3) is 0 Å². The molecule has 0 radical (unpaired) electrons. The highest BCUT2D eigenvalue weighted by atomic mass is 35.5. The summed E-state index contributed by atoms with van der Waals surface area (Å²) in [6.07, 6.45) is 0.639. The molecule has 4 nitrogen and oxygen atoms in total. The van der Waals surface area contributed by atoms with Gasteiger partial charge in [-0.05, 0) is 31.0 Å². The first kappa shape index (κ1) is 14.1. The number of β-amino-alcohol motifs (C(OH)–C–C–N with tert-alkyl or cyclic N) is 1. The van der Waals surface area contributed by atoms with E-state index in [0.29, 0.717) is 24.4 Å². The van der Waals surface area contributed by atoms with Gasteiger partial charge in [0.2, 0.25) is 10.0 Å². The fourth-order valence-electron chi connectivity index (χ4n) is 1.95. The Morgan fingerprint density at radius 1 is 1.33 bits per heavy atom. The second-order valence-electron chi connectivity index (χ2n) is 4.23. The van der Waals surface area contributed by atoms with E-state index in [2.05, 4.69) is 0 Å². The monoisotopic (exact) mass is 309 g/mol. The summed E-state index contributed by atoms with van der Waals surface area (Å²) in [5.41, 5.74) is 0. The van der Waals surface area contributed by atoms with E-state index in [4.69, 9.17) is 23.2 Å². The molecule has 1 aromatic rings. The molecular formula is C11H13Cl2NO3S. The Balaban J connectivity index is 2.38. The second kappa shape index (κ2) is 5.35. The Hall–Kier alpha value is -0.330. The van der Waals surface area contributed by atoms with E-state index in [0.717, 1.165) is 0 Å². The molecular weight excluding hydrogens is 297 g/mol. The van der Waals surface area contributed by atoms with Crippen LogP contribution in [0.1, 0.15) is 12.8 Å². The molecule has 0 saturated carbocycles. The first-order valence-electron chi connectivity index (χ1n) is 5.54. The summed E-state index contributed by atoms with van der Waals surface area (Å²) in [6.45, 7) is 0.493. The predicted molar refractivity (Wildman–Crippen MR) is 70.5 cm³/mol. The summed E-state index contributed by atoms with van der Waals surface area (Å²) in [5, 5.41) is 10.0. The van der Waals surface area contributed by atoms with E-state index >= 15 is 0 Å². The number of halogens is 2. The normalized spacial score (nSPS) is 22.1. The third-order valence-electron chi connectivity index (χ3n) is 2.87. The summed E-state index contributed by atoms with van der Waals surface area (Å²) in [5.74, 6) is 0. The highest BCUT2D eigenvalue weighted by molar-refractivity contribution is 7.89.